The molecule has 1 atom stereocenters. The summed E-state index contributed by atoms with van der Waals surface area (Å²) in [6.45, 7) is 5.34. The third-order valence-electron chi connectivity index (χ3n) is 2.32. The number of thioether (sulfide) groups is 1. The first-order chi connectivity index (χ1) is 7.72. The highest BCUT2D eigenvalue weighted by Gasteiger charge is 2.01. The summed E-state index contributed by atoms with van der Waals surface area (Å²) in [4.78, 5) is 4.15. The van der Waals surface area contributed by atoms with Crippen LogP contribution in [0.1, 0.15) is 25.8 Å². The fourth-order valence-corrected chi connectivity index (χ4v) is 2.57. The Hall–Kier alpha value is -0.0600. The topological polar surface area (TPSA) is 24.9 Å². The Morgan fingerprint density at radius 3 is 3.00 bits per heavy atom. The first-order valence-electron chi connectivity index (χ1n) is 5.63. The first-order valence-corrected chi connectivity index (χ1v) is 7.57. The Morgan fingerprint density at radius 1 is 1.50 bits per heavy atom. The molecule has 1 unspecified atom stereocenters. The van der Waals surface area contributed by atoms with Gasteiger partial charge in [0.05, 0.1) is 0 Å². The van der Waals surface area contributed by atoms with Crippen LogP contribution in [0, 0.1) is 0 Å². The highest BCUT2D eigenvalue weighted by atomic mass is 79.9. The lowest BCUT2D eigenvalue weighted by molar-refractivity contribution is 0.537. The molecule has 0 spiro atoms. The molecule has 0 saturated heterocycles. The molecule has 90 valence electrons. The number of rotatable bonds is 7. The Balaban J connectivity index is 2.23. The van der Waals surface area contributed by atoms with Crippen molar-refractivity contribution in [1.29, 1.82) is 0 Å². The lowest BCUT2D eigenvalue weighted by atomic mass is 10.2. The van der Waals surface area contributed by atoms with Gasteiger partial charge in [0.15, 0.2) is 0 Å². The first kappa shape index (κ1) is 14.0. The molecule has 4 heteroatoms. The second-order valence-corrected chi connectivity index (χ2v) is 6.09. The molecule has 0 saturated carbocycles. The fourth-order valence-electron chi connectivity index (χ4n) is 1.35. The number of hydrogen-bond donors (Lipinski definition) is 1. The van der Waals surface area contributed by atoms with Gasteiger partial charge in [-0.2, -0.15) is 11.8 Å². The summed E-state index contributed by atoms with van der Waals surface area (Å²) < 4.78 is 1.04. The number of nitrogens with one attached hydrogen (secondary N) is 1. The fraction of sp³-hybridized carbons (Fsp3) is 0.583. The van der Waals surface area contributed by atoms with E-state index in [1.165, 1.54) is 23.5 Å². The number of halogens is 1. The SMILES string of the molecule is CCSCCC(C)NCc1cncc(Br)c1. The molecule has 0 fully saturated rings. The van der Waals surface area contributed by atoms with Gasteiger partial charge in [0, 0.05) is 29.5 Å². The highest BCUT2D eigenvalue weighted by molar-refractivity contribution is 9.10. The molecular weight excluding hydrogens is 284 g/mol. The maximum Gasteiger partial charge on any atom is 0.0410 e. The third kappa shape index (κ3) is 5.87. The van der Waals surface area contributed by atoms with Crippen molar-refractivity contribution in [3.63, 3.8) is 0 Å². The molecule has 16 heavy (non-hydrogen) atoms. The van der Waals surface area contributed by atoms with Gasteiger partial charge in [-0.05, 0) is 52.4 Å². The van der Waals surface area contributed by atoms with Crippen LogP contribution >= 0.6 is 27.7 Å². The number of hydrogen-bond acceptors (Lipinski definition) is 3. The van der Waals surface area contributed by atoms with E-state index in [0.29, 0.717) is 6.04 Å². The van der Waals surface area contributed by atoms with Crippen molar-refractivity contribution in [2.24, 2.45) is 0 Å². The molecule has 1 aromatic rings. The van der Waals surface area contributed by atoms with E-state index in [0.717, 1.165) is 11.0 Å². The summed E-state index contributed by atoms with van der Waals surface area (Å²) in [7, 11) is 0. The van der Waals surface area contributed by atoms with Crippen LogP contribution in [0.2, 0.25) is 0 Å². The van der Waals surface area contributed by atoms with Crippen LogP contribution in [0.25, 0.3) is 0 Å². The minimum atomic E-state index is 0.568. The third-order valence-corrected chi connectivity index (χ3v) is 3.68. The van der Waals surface area contributed by atoms with E-state index >= 15 is 0 Å². The summed E-state index contributed by atoms with van der Waals surface area (Å²) in [5, 5.41) is 3.51. The van der Waals surface area contributed by atoms with Gasteiger partial charge in [-0.15, -0.1) is 0 Å². The highest BCUT2D eigenvalue weighted by Crippen LogP contribution is 2.10. The molecule has 0 aliphatic heterocycles. The van der Waals surface area contributed by atoms with Crippen LogP contribution in [0.15, 0.2) is 22.9 Å². The van der Waals surface area contributed by atoms with Crippen molar-refractivity contribution in [3.05, 3.63) is 28.5 Å². The van der Waals surface area contributed by atoms with Crippen molar-refractivity contribution < 1.29 is 0 Å². The second kappa shape index (κ2) is 8.09. The molecule has 2 nitrogen and oxygen atoms in total. The Kier molecular flexibility index (Phi) is 7.08. The van der Waals surface area contributed by atoms with Crippen molar-refractivity contribution in [3.8, 4) is 0 Å². The van der Waals surface area contributed by atoms with E-state index in [1.54, 1.807) is 0 Å². The molecule has 1 heterocycles. The number of aromatic nitrogens is 1. The average Bonchev–Trinajstić information content (AvgIpc) is 2.27. The van der Waals surface area contributed by atoms with Gasteiger partial charge >= 0.3 is 0 Å². The molecule has 0 amide bonds. The summed E-state index contributed by atoms with van der Waals surface area (Å²) >= 11 is 5.43. The lowest BCUT2D eigenvalue weighted by Crippen LogP contribution is -2.26. The Labute approximate surface area is 111 Å². The van der Waals surface area contributed by atoms with Crippen molar-refractivity contribution >= 4 is 27.7 Å². The standard InChI is InChI=1S/C12H19BrN2S/c1-3-16-5-4-10(2)15-8-11-6-12(13)9-14-7-11/h6-7,9-10,15H,3-5,8H2,1-2H3. The minimum Gasteiger partial charge on any atom is -0.310 e. The van der Waals surface area contributed by atoms with E-state index in [1.807, 2.05) is 24.2 Å². The average molecular weight is 303 g/mol. The molecule has 0 aliphatic carbocycles. The molecule has 0 radical (unpaired) electrons. The summed E-state index contributed by atoms with van der Waals surface area (Å²) in [5.74, 6) is 2.45. The van der Waals surface area contributed by atoms with Crippen molar-refractivity contribution in [2.75, 3.05) is 11.5 Å². The lowest BCUT2D eigenvalue weighted by Gasteiger charge is -2.13. The molecule has 1 aromatic heterocycles. The smallest absolute Gasteiger partial charge is 0.0410 e. The Morgan fingerprint density at radius 2 is 2.31 bits per heavy atom. The largest absolute Gasteiger partial charge is 0.310 e. The molecule has 0 aliphatic rings. The van der Waals surface area contributed by atoms with Crippen LogP contribution in [0.4, 0.5) is 0 Å². The van der Waals surface area contributed by atoms with E-state index in [-0.39, 0.29) is 0 Å². The van der Waals surface area contributed by atoms with Crippen LogP contribution < -0.4 is 5.32 Å². The summed E-state index contributed by atoms with van der Waals surface area (Å²) in [6, 6.07) is 2.67. The van der Waals surface area contributed by atoms with E-state index in [4.69, 9.17) is 0 Å². The molecule has 0 bridgehead atoms. The monoisotopic (exact) mass is 302 g/mol. The van der Waals surface area contributed by atoms with Crippen LogP contribution in [0.5, 0.6) is 0 Å². The maximum absolute atomic E-state index is 4.15. The van der Waals surface area contributed by atoms with Gasteiger partial charge < -0.3 is 5.32 Å². The van der Waals surface area contributed by atoms with Gasteiger partial charge in [-0.1, -0.05) is 6.92 Å². The van der Waals surface area contributed by atoms with Crippen LogP contribution in [-0.2, 0) is 6.54 Å². The molecular formula is C12H19BrN2S. The predicted octanol–water partition coefficient (Wildman–Crippen LogP) is 3.47. The second-order valence-electron chi connectivity index (χ2n) is 3.78. The zero-order valence-electron chi connectivity index (χ0n) is 9.87. The Bertz CT molecular complexity index is 307. The van der Waals surface area contributed by atoms with Gasteiger partial charge in [0.1, 0.15) is 0 Å². The molecule has 0 aromatic carbocycles. The van der Waals surface area contributed by atoms with Gasteiger partial charge in [-0.25, -0.2) is 0 Å². The van der Waals surface area contributed by atoms with E-state index in [9.17, 15) is 0 Å². The van der Waals surface area contributed by atoms with Gasteiger partial charge in [0.25, 0.3) is 0 Å². The predicted molar refractivity (Wildman–Crippen MR) is 75.9 cm³/mol. The van der Waals surface area contributed by atoms with Crippen LogP contribution in [-0.4, -0.2) is 22.5 Å². The number of nitrogens with zero attached hydrogens (tertiary/aromatic N) is 1. The van der Waals surface area contributed by atoms with Gasteiger partial charge in [-0.3, -0.25) is 4.98 Å². The minimum absolute atomic E-state index is 0.568. The summed E-state index contributed by atoms with van der Waals surface area (Å²) in [5.41, 5.74) is 1.23. The van der Waals surface area contributed by atoms with Crippen molar-refractivity contribution in [2.45, 2.75) is 32.9 Å². The number of pyridine rings is 1. The maximum atomic E-state index is 4.15. The van der Waals surface area contributed by atoms with Crippen molar-refractivity contribution in [1.82, 2.24) is 10.3 Å². The van der Waals surface area contributed by atoms with Crippen LogP contribution in [0.3, 0.4) is 0 Å². The zero-order chi connectivity index (χ0) is 11.8. The molecule has 1 rings (SSSR count). The quantitative estimate of drug-likeness (QED) is 0.781. The van der Waals surface area contributed by atoms with Gasteiger partial charge in [0.2, 0.25) is 0 Å². The molecule has 1 N–H and O–H groups in total. The van der Waals surface area contributed by atoms with E-state index in [2.05, 4.69) is 46.1 Å². The normalized spacial score (nSPS) is 12.7. The zero-order valence-corrected chi connectivity index (χ0v) is 12.3. The summed E-state index contributed by atoms with van der Waals surface area (Å²) in [6.07, 6.45) is 4.94. The van der Waals surface area contributed by atoms with E-state index < -0.39 is 0 Å².